The van der Waals surface area contributed by atoms with Crippen molar-refractivity contribution in [2.75, 3.05) is 5.75 Å². The zero-order valence-electron chi connectivity index (χ0n) is 11.9. The van der Waals surface area contributed by atoms with Gasteiger partial charge in [0.15, 0.2) is 0 Å². The summed E-state index contributed by atoms with van der Waals surface area (Å²) in [4.78, 5) is 11.9. The standard InChI is InChI=1S/C14H24N2OS/c1-5-11(4)18-10-14(17)9-13-8-12(6-2)15-16(13)7-3/h8,11H,5-7,9-10H2,1-4H3. The van der Waals surface area contributed by atoms with Crippen molar-refractivity contribution in [2.24, 2.45) is 0 Å². The van der Waals surface area contributed by atoms with Crippen LogP contribution in [0.4, 0.5) is 0 Å². The molecule has 0 N–H and O–H groups in total. The van der Waals surface area contributed by atoms with E-state index in [2.05, 4.69) is 38.9 Å². The zero-order valence-corrected chi connectivity index (χ0v) is 12.7. The van der Waals surface area contributed by atoms with Gasteiger partial charge in [-0.1, -0.05) is 20.8 Å². The second kappa shape index (κ2) is 7.62. The number of aromatic nitrogens is 2. The summed E-state index contributed by atoms with van der Waals surface area (Å²) in [6.45, 7) is 9.31. The maximum atomic E-state index is 11.9. The summed E-state index contributed by atoms with van der Waals surface area (Å²) in [5.74, 6) is 0.920. The second-order valence-corrected chi connectivity index (χ2v) is 5.97. The predicted molar refractivity (Wildman–Crippen MR) is 78.2 cm³/mol. The maximum absolute atomic E-state index is 11.9. The van der Waals surface area contributed by atoms with Gasteiger partial charge in [-0.05, 0) is 25.8 Å². The van der Waals surface area contributed by atoms with E-state index in [1.165, 1.54) is 0 Å². The van der Waals surface area contributed by atoms with Crippen LogP contribution >= 0.6 is 11.8 Å². The van der Waals surface area contributed by atoms with E-state index in [-0.39, 0.29) is 0 Å². The molecule has 3 nitrogen and oxygen atoms in total. The molecule has 1 aromatic rings. The van der Waals surface area contributed by atoms with Crippen molar-refractivity contribution in [3.63, 3.8) is 0 Å². The van der Waals surface area contributed by atoms with E-state index in [9.17, 15) is 4.79 Å². The van der Waals surface area contributed by atoms with Crippen LogP contribution in [0.5, 0.6) is 0 Å². The quantitative estimate of drug-likeness (QED) is 0.726. The van der Waals surface area contributed by atoms with E-state index < -0.39 is 0 Å². The number of thioether (sulfide) groups is 1. The summed E-state index contributed by atoms with van der Waals surface area (Å²) in [5, 5.41) is 5.04. The highest BCUT2D eigenvalue weighted by atomic mass is 32.2. The molecule has 0 radical (unpaired) electrons. The Morgan fingerprint density at radius 1 is 1.44 bits per heavy atom. The molecule has 1 aromatic heterocycles. The Balaban J connectivity index is 2.55. The minimum atomic E-state index is 0.303. The van der Waals surface area contributed by atoms with Gasteiger partial charge in [0.05, 0.1) is 11.4 Å². The molecular formula is C14H24N2OS. The van der Waals surface area contributed by atoms with Crippen molar-refractivity contribution in [2.45, 2.75) is 58.8 Å². The lowest BCUT2D eigenvalue weighted by Crippen LogP contribution is -2.12. The summed E-state index contributed by atoms with van der Waals surface area (Å²) in [5.41, 5.74) is 2.14. The van der Waals surface area contributed by atoms with Crippen molar-refractivity contribution in [1.29, 1.82) is 0 Å². The molecule has 0 aliphatic carbocycles. The van der Waals surface area contributed by atoms with Crippen LogP contribution in [0.15, 0.2) is 6.07 Å². The molecule has 18 heavy (non-hydrogen) atoms. The van der Waals surface area contributed by atoms with Crippen molar-refractivity contribution < 1.29 is 4.79 Å². The number of hydrogen-bond acceptors (Lipinski definition) is 3. The Morgan fingerprint density at radius 2 is 2.17 bits per heavy atom. The Bertz CT molecular complexity index is 387. The van der Waals surface area contributed by atoms with Crippen LogP contribution in [-0.2, 0) is 24.2 Å². The van der Waals surface area contributed by atoms with E-state index >= 15 is 0 Å². The lowest BCUT2D eigenvalue weighted by atomic mass is 10.2. The summed E-state index contributed by atoms with van der Waals surface area (Å²) in [6.07, 6.45) is 2.56. The highest BCUT2D eigenvalue weighted by Crippen LogP contribution is 2.15. The van der Waals surface area contributed by atoms with Gasteiger partial charge >= 0.3 is 0 Å². The summed E-state index contributed by atoms with van der Waals surface area (Å²) < 4.78 is 1.95. The van der Waals surface area contributed by atoms with E-state index in [1.54, 1.807) is 11.8 Å². The van der Waals surface area contributed by atoms with E-state index in [4.69, 9.17) is 0 Å². The molecule has 0 saturated carbocycles. The minimum absolute atomic E-state index is 0.303. The van der Waals surface area contributed by atoms with Crippen LogP contribution in [0.2, 0.25) is 0 Å². The third-order valence-electron chi connectivity index (χ3n) is 3.06. The van der Waals surface area contributed by atoms with E-state index in [0.29, 0.717) is 23.2 Å². The number of nitrogens with zero attached hydrogens (tertiary/aromatic N) is 2. The summed E-state index contributed by atoms with van der Waals surface area (Å²) >= 11 is 1.75. The summed E-state index contributed by atoms with van der Waals surface area (Å²) in [7, 11) is 0. The van der Waals surface area contributed by atoms with Crippen LogP contribution in [0.3, 0.4) is 0 Å². The van der Waals surface area contributed by atoms with Crippen molar-refractivity contribution >= 4 is 17.5 Å². The summed E-state index contributed by atoms with van der Waals surface area (Å²) in [6, 6.07) is 2.06. The molecule has 0 aromatic carbocycles. The molecule has 0 spiro atoms. The molecule has 102 valence electrons. The number of ketones is 1. The van der Waals surface area contributed by atoms with E-state index in [1.807, 2.05) is 4.68 Å². The van der Waals surface area contributed by atoms with Gasteiger partial charge in [0.25, 0.3) is 0 Å². The molecule has 1 heterocycles. The van der Waals surface area contributed by atoms with Gasteiger partial charge in [-0.3, -0.25) is 9.48 Å². The number of rotatable bonds is 8. The highest BCUT2D eigenvalue weighted by molar-refractivity contribution is 8.00. The minimum Gasteiger partial charge on any atom is -0.298 e. The average Bonchev–Trinajstić information content (AvgIpc) is 2.78. The molecule has 0 aliphatic heterocycles. The van der Waals surface area contributed by atoms with Gasteiger partial charge in [0, 0.05) is 23.9 Å². The SMILES string of the molecule is CCc1cc(CC(=O)CSC(C)CC)n(CC)n1. The number of Topliss-reactive ketones (excluding diaryl/α,β-unsaturated/α-hetero) is 1. The molecule has 1 rings (SSSR count). The molecule has 0 fully saturated rings. The highest BCUT2D eigenvalue weighted by Gasteiger charge is 2.11. The van der Waals surface area contributed by atoms with Crippen LogP contribution in [0, 0.1) is 0 Å². The number of hydrogen-bond donors (Lipinski definition) is 0. The Morgan fingerprint density at radius 3 is 2.72 bits per heavy atom. The third kappa shape index (κ3) is 4.48. The van der Waals surface area contributed by atoms with Crippen molar-refractivity contribution in [3.05, 3.63) is 17.5 Å². The smallest absolute Gasteiger partial charge is 0.148 e. The number of carbonyl (C=O) groups excluding carboxylic acids is 1. The fraction of sp³-hybridized carbons (Fsp3) is 0.714. The molecule has 1 atom stereocenters. The monoisotopic (exact) mass is 268 g/mol. The molecule has 1 unspecified atom stereocenters. The second-order valence-electron chi connectivity index (χ2n) is 4.54. The number of carbonyl (C=O) groups is 1. The van der Waals surface area contributed by atoms with Crippen LogP contribution in [0.1, 0.15) is 45.5 Å². The topological polar surface area (TPSA) is 34.9 Å². The molecule has 0 amide bonds. The van der Waals surface area contributed by atoms with Crippen molar-refractivity contribution in [1.82, 2.24) is 9.78 Å². The Hall–Kier alpha value is -0.770. The molecule has 0 aliphatic rings. The Kier molecular flexibility index (Phi) is 6.47. The Labute approximate surface area is 114 Å². The lowest BCUT2D eigenvalue weighted by Gasteiger charge is -2.07. The van der Waals surface area contributed by atoms with Crippen LogP contribution < -0.4 is 0 Å². The molecule has 4 heteroatoms. The van der Waals surface area contributed by atoms with Gasteiger partial charge in [-0.2, -0.15) is 16.9 Å². The predicted octanol–water partition coefficient (Wildman–Crippen LogP) is 3.11. The van der Waals surface area contributed by atoms with E-state index in [0.717, 1.165) is 30.8 Å². The normalized spacial score (nSPS) is 12.7. The maximum Gasteiger partial charge on any atom is 0.148 e. The van der Waals surface area contributed by atoms with Crippen LogP contribution in [0.25, 0.3) is 0 Å². The fourth-order valence-electron chi connectivity index (χ4n) is 1.71. The zero-order chi connectivity index (χ0) is 13.5. The first-order valence-electron chi connectivity index (χ1n) is 6.79. The molecule has 0 bridgehead atoms. The molecule has 0 saturated heterocycles. The van der Waals surface area contributed by atoms with Gasteiger partial charge in [0.1, 0.15) is 5.78 Å². The first-order chi connectivity index (χ1) is 8.60. The largest absolute Gasteiger partial charge is 0.298 e. The fourth-order valence-corrected chi connectivity index (χ4v) is 2.52. The van der Waals surface area contributed by atoms with Gasteiger partial charge < -0.3 is 0 Å². The van der Waals surface area contributed by atoms with Gasteiger partial charge in [-0.15, -0.1) is 0 Å². The number of aryl methyl sites for hydroxylation is 2. The first-order valence-corrected chi connectivity index (χ1v) is 7.84. The lowest BCUT2D eigenvalue weighted by molar-refractivity contribution is -0.116. The first kappa shape index (κ1) is 15.3. The third-order valence-corrected chi connectivity index (χ3v) is 4.45. The average molecular weight is 268 g/mol. The van der Waals surface area contributed by atoms with Crippen molar-refractivity contribution in [3.8, 4) is 0 Å². The van der Waals surface area contributed by atoms with Gasteiger partial charge in [-0.25, -0.2) is 0 Å². The van der Waals surface area contributed by atoms with Gasteiger partial charge in [0.2, 0.25) is 0 Å². The van der Waals surface area contributed by atoms with Crippen LogP contribution in [-0.4, -0.2) is 26.6 Å². The molecular weight excluding hydrogens is 244 g/mol.